The zero-order valence-electron chi connectivity index (χ0n) is 13.8. The number of rotatable bonds is 4. The summed E-state index contributed by atoms with van der Waals surface area (Å²) in [6.45, 7) is 11.8. The average molecular weight is 291 g/mol. The molecule has 0 fully saturated rings. The molecular formula is C17H25NO3. The van der Waals surface area contributed by atoms with Gasteiger partial charge in [-0.2, -0.15) is 0 Å². The number of amides is 1. The van der Waals surface area contributed by atoms with Crippen molar-refractivity contribution in [2.45, 2.75) is 53.5 Å². The zero-order chi connectivity index (χ0) is 16.4. The summed E-state index contributed by atoms with van der Waals surface area (Å²) in [5.41, 5.74) is 3.25. The number of aryl methyl sites for hydroxylation is 3. The molecule has 0 bridgehead atoms. The number of nitrogens with zero attached hydrogens (tertiary/aromatic N) is 1. The highest BCUT2D eigenvalue weighted by molar-refractivity contribution is 5.97. The molecule has 0 aliphatic heterocycles. The monoisotopic (exact) mass is 291 g/mol. The molecule has 4 nitrogen and oxygen atoms in total. The van der Waals surface area contributed by atoms with E-state index in [1.54, 1.807) is 4.90 Å². The molecule has 0 aromatic heterocycles. The second-order valence-corrected chi connectivity index (χ2v) is 6.55. The summed E-state index contributed by atoms with van der Waals surface area (Å²) in [5.74, 6) is -0.992. The van der Waals surface area contributed by atoms with Gasteiger partial charge >= 0.3 is 5.97 Å². The van der Waals surface area contributed by atoms with Gasteiger partial charge in [0, 0.05) is 17.6 Å². The van der Waals surface area contributed by atoms with E-state index < -0.39 is 11.5 Å². The van der Waals surface area contributed by atoms with E-state index in [0.717, 1.165) is 16.7 Å². The fourth-order valence-corrected chi connectivity index (χ4v) is 2.60. The predicted molar refractivity (Wildman–Crippen MR) is 83.7 cm³/mol. The number of benzene rings is 1. The summed E-state index contributed by atoms with van der Waals surface area (Å²) in [4.78, 5) is 25.4. The minimum absolute atomic E-state index is 0.0486. The molecule has 4 heteroatoms. The van der Waals surface area contributed by atoms with Gasteiger partial charge in [-0.15, -0.1) is 0 Å². The van der Waals surface area contributed by atoms with Crippen LogP contribution in [0.1, 0.15) is 54.2 Å². The number of aliphatic carboxylic acids is 1. The third-order valence-electron chi connectivity index (χ3n) is 3.50. The third kappa shape index (κ3) is 4.31. The van der Waals surface area contributed by atoms with Gasteiger partial charge in [-0.1, -0.05) is 17.7 Å². The Morgan fingerprint density at radius 3 is 1.95 bits per heavy atom. The molecular weight excluding hydrogens is 266 g/mol. The first-order chi connectivity index (χ1) is 9.54. The van der Waals surface area contributed by atoms with Crippen LogP contribution < -0.4 is 0 Å². The molecule has 1 rings (SSSR count). The van der Waals surface area contributed by atoms with Gasteiger partial charge < -0.3 is 10.0 Å². The predicted octanol–water partition coefficient (Wildman–Crippen LogP) is 3.33. The third-order valence-corrected chi connectivity index (χ3v) is 3.50. The standard InChI is InChI=1S/C17H25NO3/c1-11-9-12(2)15(13(3)10-11)16(21)18(17(4,5)6)8-7-14(19)20/h9-10H,7-8H2,1-6H3,(H,19,20). The molecule has 0 saturated heterocycles. The second kappa shape index (κ2) is 6.29. The zero-order valence-corrected chi connectivity index (χ0v) is 13.8. The van der Waals surface area contributed by atoms with Crippen molar-refractivity contribution in [3.05, 3.63) is 34.4 Å². The summed E-state index contributed by atoms with van der Waals surface area (Å²) in [7, 11) is 0. The SMILES string of the molecule is Cc1cc(C)c(C(=O)N(CCC(=O)O)C(C)(C)C)c(C)c1. The lowest BCUT2D eigenvalue weighted by Gasteiger charge is -2.36. The Bertz CT molecular complexity index is 533. The number of carbonyl (C=O) groups is 2. The van der Waals surface area contributed by atoms with E-state index in [9.17, 15) is 9.59 Å². The minimum atomic E-state index is -0.894. The molecule has 0 unspecified atom stereocenters. The van der Waals surface area contributed by atoms with Crippen LogP contribution in [0.25, 0.3) is 0 Å². The van der Waals surface area contributed by atoms with Crippen molar-refractivity contribution in [1.82, 2.24) is 4.90 Å². The molecule has 0 heterocycles. The van der Waals surface area contributed by atoms with E-state index in [1.807, 2.05) is 53.7 Å². The Balaban J connectivity index is 3.20. The van der Waals surface area contributed by atoms with Crippen molar-refractivity contribution in [3.63, 3.8) is 0 Å². The van der Waals surface area contributed by atoms with E-state index >= 15 is 0 Å². The molecule has 0 saturated carbocycles. The Morgan fingerprint density at radius 1 is 1.10 bits per heavy atom. The van der Waals surface area contributed by atoms with Crippen LogP contribution >= 0.6 is 0 Å². The van der Waals surface area contributed by atoms with Crippen molar-refractivity contribution < 1.29 is 14.7 Å². The molecule has 1 aromatic rings. The summed E-state index contributed by atoms with van der Waals surface area (Å²) < 4.78 is 0. The van der Waals surface area contributed by atoms with Crippen LogP contribution in [0.4, 0.5) is 0 Å². The smallest absolute Gasteiger partial charge is 0.305 e. The molecule has 21 heavy (non-hydrogen) atoms. The minimum Gasteiger partial charge on any atom is -0.481 e. The van der Waals surface area contributed by atoms with Crippen molar-refractivity contribution in [2.24, 2.45) is 0 Å². The molecule has 116 valence electrons. The first-order valence-corrected chi connectivity index (χ1v) is 7.15. The first kappa shape index (κ1) is 17.2. The van der Waals surface area contributed by atoms with Crippen LogP contribution in [0.15, 0.2) is 12.1 Å². The van der Waals surface area contributed by atoms with Crippen molar-refractivity contribution in [1.29, 1.82) is 0 Å². The Morgan fingerprint density at radius 2 is 1.57 bits per heavy atom. The maximum atomic E-state index is 12.9. The van der Waals surface area contributed by atoms with Crippen LogP contribution in [0.2, 0.25) is 0 Å². The van der Waals surface area contributed by atoms with E-state index in [1.165, 1.54) is 0 Å². The average Bonchev–Trinajstić information content (AvgIpc) is 2.24. The molecule has 1 N–H and O–H groups in total. The van der Waals surface area contributed by atoms with Crippen LogP contribution in [0.5, 0.6) is 0 Å². The number of carboxylic acids is 1. The lowest BCUT2D eigenvalue weighted by molar-refractivity contribution is -0.137. The van der Waals surface area contributed by atoms with Crippen LogP contribution in [-0.2, 0) is 4.79 Å². The van der Waals surface area contributed by atoms with Crippen LogP contribution in [-0.4, -0.2) is 34.0 Å². The Kier molecular flexibility index (Phi) is 5.15. The number of carbonyl (C=O) groups excluding carboxylic acids is 1. The van der Waals surface area contributed by atoms with Crippen LogP contribution in [0.3, 0.4) is 0 Å². The quantitative estimate of drug-likeness (QED) is 0.925. The first-order valence-electron chi connectivity index (χ1n) is 7.15. The van der Waals surface area contributed by atoms with Gasteiger partial charge in [0.15, 0.2) is 0 Å². The van der Waals surface area contributed by atoms with E-state index in [-0.39, 0.29) is 18.9 Å². The van der Waals surface area contributed by atoms with Gasteiger partial charge in [-0.25, -0.2) is 0 Å². The van der Waals surface area contributed by atoms with E-state index in [4.69, 9.17) is 5.11 Å². The fourth-order valence-electron chi connectivity index (χ4n) is 2.60. The van der Waals surface area contributed by atoms with Gasteiger partial charge in [0.05, 0.1) is 6.42 Å². The fraction of sp³-hybridized carbons (Fsp3) is 0.529. The van der Waals surface area contributed by atoms with E-state index in [0.29, 0.717) is 5.56 Å². The topological polar surface area (TPSA) is 57.6 Å². The van der Waals surface area contributed by atoms with Gasteiger partial charge in [-0.05, 0) is 52.7 Å². The second-order valence-electron chi connectivity index (χ2n) is 6.55. The maximum Gasteiger partial charge on any atom is 0.305 e. The lowest BCUT2D eigenvalue weighted by atomic mass is 9.96. The Labute approximate surface area is 126 Å². The molecule has 0 atom stereocenters. The summed E-state index contributed by atoms with van der Waals surface area (Å²) in [5, 5.41) is 8.89. The summed E-state index contributed by atoms with van der Waals surface area (Å²) in [6.07, 6.45) is -0.0486. The Hall–Kier alpha value is -1.84. The molecule has 0 aliphatic carbocycles. The number of carboxylic acid groups (broad SMARTS) is 1. The van der Waals surface area contributed by atoms with Gasteiger partial charge in [0.1, 0.15) is 0 Å². The van der Waals surface area contributed by atoms with Gasteiger partial charge in [-0.3, -0.25) is 9.59 Å². The van der Waals surface area contributed by atoms with Gasteiger partial charge in [0.25, 0.3) is 5.91 Å². The van der Waals surface area contributed by atoms with Gasteiger partial charge in [0.2, 0.25) is 0 Å². The van der Waals surface area contributed by atoms with Crippen molar-refractivity contribution in [3.8, 4) is 0 Å². The summed E-state index contributed by atoms with van der Waals surface area (Å²) >= 11 is 0. The van der Waals surface area contributed by atoms with Crippen LogP contribution in [0, 0.1) is 20.8 Å². The molecule has 1 amide bonds. The normalized spacial score (nSPS) is 11.3. The summed E-state index contributed by atoms with van der Waals surface area (Å²) in [6, 6.07) is 3.97. The molecule has 1 aromatic carbocycles. The molecule has 0 spiro atoms. The lowest BCUT2D eigenvalue weighted by Crippen LogP contribution is -2.47. The highest BCUT2D eigenvalue weighted by atomic mass is 16.4. The highest BCUT2D eigenvalue weighted by Crippen LogP contribution is 2.23. The highest BCUT2D eigenvalue weighted by Gasteiger charge is 2.29. The largest absolute Gasteiger partial charge is 0.481 e. The van der Waals surface area contributed by atoms with Crippen molar-refractivity contribution in [2.75, 3.05) is 6.54 Å². The van der Waals surface area contributed by atoms with Crippen molar-refractivity contribution >= 4 is 11.9 Å². The molecule has 0 aliphatic rings. The number of hydrogen-bond acceptors (Lipinski definition) is 2. The maximum absolute atomic E-state index is 12.9. The molecule has 0 radical (unpaired) electrons. The van der Waals surface area contributed by atoms with E-state index in [2.05, 4.69) is 0 Å². The number of hydrogen-bond donors (Lipinski definition) is 1.